The van der Waals surface area contributed by atoms with E-state index < -0.39 is 0 Å². The molecule has 0 bridgehead atoms. The van der Waals surface area contributed by atoms with E-state index in [-0.39, 0.29) is 18.3 Å². The number of thioether (sulfide) groups is 1. The first-order valence-corrected chi connectivity index (χ1v) is 5.51. The first kappa shape index (κ1) is 11.0. The normalized spacial score (nSPS) is 9.71. The van der Waals surface area contributed by atoms with Crippen molar-refractivity contribution in [2.75, 3.05) is 18.1 Å². The summed E-state index contributed by atoms with van der Waals surface area (Å²) in [5, 5.41) is 7.76. The van der Waals surface area contributed by atoms with Crippen LogP contribution in [-0.2, 0) is 9.53 Å². The summed E-state index contributed by atoms with van der Waals surface area (Å²) in [6.45, 7) is 3.67. The molecule has 0 atom stereocenters. The lowest BCUT2D eigenvalue weighted by molar-refractivity contribution is -0.139. The molecule has 1 aromatic heterocycles. The van der Waals surface area contributed by atoms with E-state index in [2.05, 4.69) is 16.8 Å². The average molecular weight is 231 g/mol. The number of nitrogen functional groups attached to an aromatic ring is 1. The molecule has 0 radical (unpaired) electrons. The number of hydrogen-bond acceptors (Lipinski definition) is 7. The van der Waals surface area contributed by atoms with Gasteiger partial charge >= 0.3 is 5.97 Å². The summed E-state index contributed by atoms with van der Waals surface area (Å²) >= 11 is 2.50. The summed E-state index contributed by atoms with van der Waals surface area (Å²) < 4.78 is 5.43. The van der Waals surface area contributed by atoms with Gasteiger partial charge in [-0.05, 0) is 0 Å². The Hall–Kier alpha value is -1.08. The lowest BCUT2D eigenvalue weighted by atomic mass is 10.7. The Morgan fingerprint density at radius 2 is 2.50 bits per heavy atom. The van der Waals surface area contributed by atoms with Crippen LogP contribution < -0.4 is 5.73 Å². The van der Waals surface area contributed by atoms with Gasteiger partial charge in [0.2, 0.25) is 5.13 Å². The van der Waals surface area contributed by atoms with Gasteiger partial charge in [-0.1, -0.05) is 35.8 Å². The molecule has 14 heavy (non-hydrogen) atoms. The van der Waals surface area contributed by atoms with Crippen molar-refractivity contribution in [2.45, 2.75) is 4.34 Å². The van der Waals surface area contributed by atoms with Gasteiger partial charge in [-0.25, -0.2) is 0 Å². The van der Waals surface area contributed by atoms with Gasteiger partial charge in [0.05, 0.1) is 5.75 Å². The SMILES string of the molecule is C=CCOC(=O)CSc1nnc(N)s1. The van der Waals surface area contributed by atoms with E-state index in [1.54, 1.807) is 0 Å². The fourth-order valence-electron chi connectivity index (χ4n) is 0.593. The Balaban J connectivity index is 2.26. The molecule has 5 nitrogen and oxygen atoms in total. The Morgan fingerprint density at radius 3 is 3.07 bits per heavy atom. The van der Waals surface area contributed by atoms with Gasteiger partial charge in [0, 0.05) is 0 Å². The van der Waals surface area contributed by atoms with Crippen molar-refractivity contribution in [2.24, 2.45) is 0 Å². The smallest absolute Gasteiger partial charge is 0.316 e. The van der Waals surface area contributed by atoms with Crippen LogP contribution in [0.3, 0.4) is 0 Å². The second kappa shape index (κ2) is 5.61. The molecule has 76 valence electrons. The number of rotatable bonds is 5. The highest BCUT2D eigenvalue weighted by molar-refractivity contribution is 8.01. The molecular formula is C7H9N3O2S2. The van der Waals surface area contributed by atoms with Gasteiger partial charge in [-0.15, -0.1) is 10.2 Å². The van der Waals surface area contributed by atoms with E-state index in [9.17, 15) is 4.79 Å². The van der Waals surface area contributed by atoms with Crippen molar-refractivity contribution in [1.82, 2.24) is 10.2 Å². The van der Waals surface area contributed by atoms with Crippen LogP contribution in [-0.4, -0.2) is 28.5 Å². The number of esters is 1. The third-order valence-electron chi connectivity index (χ3n) is 1.10. The molecule has 0 fully saturated rings. The van der Waals surface area contributed by atoms with Gasteiger partial charge in [0.25, 0.3) is 0 Å². The zero-order valence-electron chi connectivity index (χ0n) is 7.30. The highest BCUT2D eigenvalue weighted by atomic mass is 32.2. The Morgan fingerprint density at radius 1 is 1.71 bits per heavy atom. The van der Waals surface area contributed by atoms with Gasteiger partial charge in [0.15, 0.2) is 4.34 Å². The van der Waals surface area contributed by atoms with Crippen molar-refractivity contribution >= 4 is 34.2 Å². The van der Waals surface area contributed by atoms with Gasteiger partial charge in [-0.3, -0.25) is 4.79 Å². The second-order valence-corrected chi connectivity index (χ2v) is 4.40. The molecule has 0 aromatic carbocycles. The minimum Gasteiger partial charge on any atom is -0.461 e. The lowest BCUT2D eigenvalue weighted by Crippen LogP contribution is -2.06. The molecule has 0 unspecified atom stereocenters. The van der Waals surface area contributed by atoms with Crippen LogP contribution >= 0.6 is 23.1 Å². The molecule has 0 spiro atoms. The van der Waals surface area contributed by atoms with Crippen LogP contribution in [0.1, 0.15) is 0 Å². The molecule has 0 aliphatic heterocycles. The molecule has 0 saturated carbocycles. The fourth-order valence-corrected chi connectivity index (χ4v) is 2.03. The summed E-state index contributed by atoms with van der Waals surface area (Å²) in [5.74, 6) is -0.0914. The number of hydrogen-bond donors (Lipinski definition) is 1. The second-order valence-electron chi connectivity index (χ2n) is 2.17. The van der Waals surface area contributed by atoms with Crippen molar-refractivity contribution in [3.05, 3.63) is 12.7 Å². The summed E-state index contributed by atoms with van der Waals surface area (Å²) in [6, 6.07) is 0. The molecular weight excluding hydrogens is 222 g/mol. The first-order valence-electron chi connectivity index (χ1n) is 3.70. The number of ether oxygens (including phenoxy) is 1. The van der Waals surface area contributed by atoms with Crippen LogP contribution in [0.5, 0.6) is 0 Å². The van der Waals surface area contributed by atoms with Crippen LogP contribution in [0.25, 0.3) is 0 Å². The zero-order valence-corrected chi connectivity index (χ0v) is 8.94. The molecule has 0 aliphatic rings. The summed E-state index contributed by atoms with van der Waals surface area (Å²) in [7, 11) is 0. The average Bonchev–Trinajstić information content (AvgIpc) is 2.58. The zero-order chi connectivity index (χ0) is 10.4. The molecule has 7 heteroatoms. The summed E-state index contributed by atoms with van der Waals surface area (Å²) in [5.41, 5.74) is 5.37. The van der Waals surface area contributed by atoms with E-state index in [0.717, 1.165) is 0 Å². The maximum atomic E-state index is 11.0. The monoisotopic (exact) mass is 231 g/mol. The predicted molar refractivity (Wildman–Crippen MR) is 56.2 cm³/mol. The van der Waals surface area contributed by atoms with Gasteiger partial charge in [-0.2, -0.15) is 0 Å². The Bertz CT molecular complexity index is 326. The number of nitrogens with two attached hydrogens (primary N) is 1. The number of anilines is 1. The predicted octanol–water partition coefficient (Wildman–Crippen LogP) is 0.942. The largest absolute Gasteiger partial charge is 0.461 e. The highest BCUT2D eigenvalue weighted by Gasteiger charge is 2.06. The minimum absolute atomic E-state index is 0.211. The van der Waals surface area contributed by atoms with E-state index in [4.69, 9.17) is 10.5 Å². The van der Waals surface area contributed by atoms with E-state index >= 15 is 0 Å². The quantitative estimate of drug-likeness (QED) is 0.461. The topological polar surface area (TPSA) is 78.1 Å². The number of carbonyl (C=O) groups excluding carboxylic acids is 1. The molecule has 0 saturated heterocycles. The van der Waals surface area contributed by atoms with Gasteiger partial charge < -0.3 is 10.5 Å². The maximum absolute atomic E-state index is 11.0. The maximum Gasteiger partial charge on any atom is 0.316 e. The molecule has 1 aromatic rings. The van der Waals surface area contributed by atoms with E-state index in [1.165, 1.54) is 29.2 Å². The number of aromatic nitrogens is 2. The lowest BCUT2D eigenvalue weighted by Gasteiger charge is -1.98. The third-order valence-corrected chi connectivity index (χ3v) is 2.96. The van der Waals surface area contributed by atoms with E-state index in [0.29, 0.717) is 9.47 Å². The van der Waals surface area contributed by atoms with Crippen molar-refractivity contribution in [3.8, 4) is 0 Å². The molecule has 2 N–H and O–H groups in total. The molecule has 1 rings (SSSR count). The Kier molecular flexibility index (Phi) is 4.41. The summed E-state index contributed by atoms with van der Waals surface area (Å²) in [4.78, 5) is 11.0. The van der Waals surface area contributed by atoms with Crippen LogP contribution in [0.2, 0.25) is 0 Å². The van der Waals surface area contributed by atoms with Crippen LogP contribution in [0.15, 0.2) is 17.0 Å². The minimum atomic E-state index is -0.302. The van der Waals surface area contributed by atoms with E-state index in [1.807, 2.05) is 0 Å². The van der Waals surface area contributed by atoms with Crippen LogP contribution in [0.4, 0.5) is 5.13 Å². The fraction of sp³-hybridized carbons (Fsp3) is 0.286. The first-order chi connectivity index (χ1) is 6.72. The number of nitrogens with zero attached hydrogens (tertiary/aromatic N) is 2. The molecule has 0 aliphatic carbocycles. The molecule has 1 heterocycles. The Labute approximate surface area is 89.4 Å². The summed E-state index contributed by atoms with van der Waals surface area (Å²) in [6.07, 6.45) is 1.52. The van der Waals surface area contributed by atoms with Gasteiger partial charge in [0.1, 0.15) is 6.61 Å². The van der Waals surface area contributed by atoms with Crippen LogP contribution in [0, 0.1) is 0 Å². The molecule has 0 amide bonds. The number of carbonyl (C=O) groups is 1. The standard InChI is InChI=1S/C7H9N3O2S2/c1-2-3-12-5(11)4-13-7-10-9-6(8)14-7/h2H,1,3-4H2,(H2,8,9). The van der Waals surface area contributed by atoms with Crippen molar-refractivity contribution in [3.63, 3.8) is 0 Å². The van der Waals surface area contributed by atoms with Crippen molar-refractivity contribution in [1.29, 1.82) is 0 Å². The highest BCUT2D eigenvalue weighted by Crippen LogP contribution is 2.23. The third kappa shape index (κ3) is 3.75. The van der Waals surface area contributed by atoms with Crippen molar-refractivity contribution < 1.29 is 9.53 Å².